The first-order valence-electron chi connectivity index (χ1n) is 2.75. The van der Waals surface area contributed by atoms with E-state index in [2.05, 4.69) is 9.83 Å². The highest BCUT2D eigenvalue weighted by atomic mass is 32.1. The Labute approximate surface area is 66.9 Å². The van der Waals surface area contributed by atoms with Crippen LogP contribution in [0.3, 0.4) is 0 Å². The van der Waals surface area contributed by atoms with Crippen LogP contribution in [0.5, 0.6) is 0 Å². The molecule has 0 radical (unpaired) electrons. The Morgan fingerprint density at radius 3 is 3.09 bits per heavy atom. The van der Waals surface area contributed by atoms with Gasteiger partial charge in [-0.15, -0.1) is 11.3 Å². The molecule has 1 heterocycles. The molecule has 1 aromatic rings. The fourth-order valence-electron chi connectivity index (χ4n) is 0.549. The van der Waals surface area contributed by atoms with Gasteiger partial charge in [0.2, 0.25) is 0 Å². The second-order valence-electron chi connectivity index (χ2n) is 1.75. The number of hydrogen-bond acceptors (Lipinski definition) is 3. The van der Waals surface area contributed by atoms with Crippen molar-refractivity contribution in [1.29, 1.82) is 0 Å². The highest BCUT2D eigenvalue weighted by molar-refractivity contribution is 7.09. The van der Waals surface area contributed by atoms with Crippen molar-refractivity contribution in [3.05, 3.63) is 27.5 Å². The number of aromatic nitrogens is 1. The minimum Gasteiger partial charge on any atom is -0.476 e. The van der Waals surface area contributed by atoms with Crippen LogP contribution in [-0.4, -0.2) is 16.1 Å². The van der Waals surface area contributed by atoms with Gasteiger partial charge in [0, 0.05) is 5.38 Å². The molecule has 0 bridgehead atoms. The molecule has 4 nitrogen and oxygen atoms in total. The number of nitrogens with zero attached hydrogens (tertiary/aromatic N) is 2. The van der Waals surface area contributed by atoms with E-state index in [1.807, 2.05) is 0 Å². The van der Waals surface area contributed by atoms with Crippen molar-refractivity contribution in [3.63, 3.8) is 0 Å². The largest absolute Gasteiger partial charge is 0.476 e. The summed E-state index contributed by atoms with van der Waals surface area (Å²) >= 11 is 1.20. The summed E-state index contributed by atoms with van der Waals surface area (Å²) in [6.45, 7) is 6.67. The lowest BCUT2D eigenvalue weighted by molar-refractivity contribution is 0.0691. The fourth-order valence-corrected chi connectivity index (χ4v) is 1.24. The summed E-state index contributed by atoms with van der Waals surface area (Å²) in [6, 6.07) is 0. The maximum absolute atomic E-state index is 10.3. The van der Waals surface area contributed by atoms with Crippen LogP contribution in [0.15, 0.2) is 5.38 Å². The van der Waals surface area contributed by atoms with Gasteiger partial charge in [0.25, 0.3) is 6.54 Å². The van der Waals surface area contributed by atoms with Gasteiger partial charge in [-0.05, 0) is 0 Å². The molecule has 1 aromatic heterocycles. The maximum Gasteiger partial charge on any atom is 0.355 e. The van der Waals surface area contributed by atoms with E-state index in [1.54, 1.807) is 0 Å². The Balaban J connectivity index is 2.83. The van der Waals surface area contributed by atoms with E-state index in [4.69, 9.17) is 11.7 Å². The molecule has 0 saturated carbocycles. The summed E-state index contributed by atoms with van der Waals surface area (Å²) in [5, 5.41) is 10.4. The predicted molar refractivity (Wildman–Crippen MR) is 39.4 cm³/mol. The lowest BCUT2D eigenvalue weighted by Crippen LogP contribution is -1.95. The van der Waals surface area contributed by atoms with E-state index in [0.29, 0.717) is 5.01 Å². The summed E-state index contributed by atoms with van der Waals surface area (Å²) in [4.78, 5) is 17.1. The fraction of sp³-hybridized carbons (Fsp3) is 0.167. The summed E-state index contributed by atoms with van der Waals surface area (Å²) in [5.41, 5.74) is 0.0219. The average Bonchev–Trinajstić information content (AvgIpc) is 2.37. The molecule has 0 aliphatic rings. The van der Waals surface area contributed by atoms with Crippen LogP contribution >= 0.6 is 11.3 Å². The molecular formula is C6H4N2O2S. The summed E-state index contributed by atoms with van der Waals surface area (Å²) in [6.07, 6.45) is 0. The lowest BCUT2D eigenvalue weighted by atomic mass is 10.5. The molecule has 0 fully saturated rings. The Morgan fingerprint density at radius 2 is 2.64 bits per heavy atom. The zero-order valence-electron chi connectivity index (χ0n) is 5.44. The van der Waals surface area contributed by atoms with Gasteiger partial charge in [-0.1, -0.05) is 0 Å². The van der Waals surface area contributed by atoms with Gasteiger partial charge >= 0.3 is 5.97 Å². The van der Waals surface area contributed by atoms with Crippen molar-refractivity contribution in [2.75, 3.05) is 0 Å². The topological polar surface area (TPSA) is 54.5 Å². The molecule has 0 saturated heterocycles. The minimum absolute atomic E-state index is 0.0219. The molecule has 56 valence electrons. The van der Waals surface area contributed by atoms with Crippen LogP contribution in [0.25, 0.3) is 4.85 Å². The molecule has 0 aliphatic carbocycles. The Morgan fingerprint density at radius 1 is 1.91 bits per heavy atom. The smallest absolute Gasteiger partial charge is 0.355 e. The minimum atomic E-state index is -1.04. The van der Waals surface area contributed by atoms with Crippen LogP contribution < -0.4 is 0 Å². The van der Waals surface area contributed by atoms with Crippen molar-refractivity contribution < 1.29 is 9.90 Å². The molecule has 11 heavy (non-hydrogen) atoms. The third-order valence-electron chi connectivity index (χ3n) is 0.985. The second kappa shape index (κ2) is 3.12. The van der Waals surface area contributed by atoms with Crippen LogP contribution in [-0.2, 0) is 6.54 Å². The van der Waals surface area contributed by atoms with Crippen molar-refractivity contribution in [2.45, 2.75) is 6.54 Å². The lowest BCUT2D eigenvalue weighted by Gasteiger charge is -1.80. The highest BCUT2D eigenvalue weighted by Crippen LogP contribution is 2.10. The van der Waals surface area contributed by atoms with Gasteiger partial charge in [0.15, 0.2) is 10.7 Å². The van der Waals surface area contributed by atoms with E-state index in [1.165, 1.54) is 16.7 Å². The maximum atomic E-state index is 10.3. The molecule has 0 spiro atoms. The molecule has 0 unspecified atom stereocenters. The molecule has 0 atom stereocenters. The normalized spacial score (nSPS) is 9.00. The predicted octanol–water partition coefficient (Wildman–Crippen LogP) is 1.26. The standard InChI is InChI=1S/C6H4N2O2S/c1-7-2-5-8-4(3-11-5)6(9)10/h3H,2H2,(H,9,10). The van der Waals surface area contributed by atoms with E-state index in [9.17, 15) is 4.79 Å². The van der Waals surface area contributed by atoms with Gasteiger partial charge < -0.3 is 9.95 Å². The van der Waals surface area contributed by atoms with Gasteiger partial charge in [0.1, 0.15) is 0 Å². The first-order chi connectivity index (χ1) is 5.24. The summed E-state index contributed by atoms with van der Waals surface area (Å²) in [7, 11) is 0. The van der Waals surface area contributed by atoms with Crippen LogP contribution in [0, 0.1) is 6.57 Å². The highest BCUT2D eigenvalue weighted by Gasteiger charge is 2.08. The Kier molecular flexibility index (Phi) is 2.18. The summed E-state index contributed by atoms with van der Waals surface area (Å²) in [5.74, 6) is -1.04. The third kappa shape index (κ3) is 1.75. The number of carboxylic acid groups (broad SMARTS) is 1. The molecule has 0 aromatic carbocycles. The van der Waals surface area contributed by atoms with Gasteiger partial charge in [-0.2, -0.15) is 0 Å². The van der Waals surface area contributed by atoms with Gasteiger partial charge in [-0.25, -0.2) is 16.4 Å². The molecule has 5 heteroatoms. The molecular weight excluding hydrogens is 164 g/mol. The third-order valence-corrected chi connectivity index (χ3v) is 1.82. The van der Waals surface area contributed by atoms with Crippen molar-refractivity contribution in [2.24, 2.45) is 0 Å². The van der Waals surface area contributed by atoms with E-state index >= 15 is 0 Å². The quantitative estimate of drug-likeness (QED) is 0.676. The molecule has 0 amide bonds. The first kappa shape index (κ1) is 7.69. The number of carboxylic acids is 1. The van der Waals surface area contributed by atoms with E-state index < -0.39 is 5.97 Å². The number of thiazole rings is 1. The SMILES string of the molecule is [C-]#[N+]Cc1nc(C(=O)O)cs1. The molecule has 1 N–H and O–H groups in total. The Hall–Kier alpha value is -1.41. The number of rotatable bonds is 2. The Bertz CT molecular complexity index is 313. The number of hydrogen-bond donors (Lipinski definition) is 1. The van der Waals surface area contributed by atoms with Crippen molar-refractivity contribution in [3.8, 4) is 0 Å². The van der Waals surface area contributed by atoms with Crippen LogP contribution in [0.1, 0.15) is 15.5 Å². The van der Waals surface area contributed by atoms with E-state index in [-0.39, 0.29) is 12.2 Å². The average molecular weight is 168 g/mol. The van der Waals surface area contributed by atoms with Crippen LogP contribution in [0.2, 0.25) is 0 Å². The number of aromatic carboxylic acids is 1. The summed E-state index contributed by atoms with van der Waals surface area (Å²) < 4.78 is 0. The van der Waals surface area contributed by atoms with Gasteiger partial charge in [0.05, 0.1) is 0 Å². The van der Waals surface area contributed by atoms with E-state index in [0.717, 1.165) is 0 Å². The molecule has 0 aliphatic heterocycles. The first-order valence-corrected chi connectivity index (χ1v) is 3.63. The van der Waals surface area contributed by atoms with Crippen LogP contribution in [0.4, 0.5) is 0 Å². The van der Waals surface area contributed by atoms with Crippen molar-refractivity contribution >= 4 is 17.3 Å². The van der Waals surface area contributed by atoms with Crippen molar-refractivity contribution in [1.82, 2.24) is 4.98 Å². The second-order valence-corrected chi connectivity index (χ2v) is 2.69. The zero-order valence-corrected chi connectivity index (χ0v) is 6.26. The number of carbonyl (C=O) groups is 1. The molecule has 1 rings (SSSR count). The monoisotopic (exact) mass is 168 g/mol. The zero-order chi connectivity index (χ0) is 8.27. The van der Waals surface area contributed by atoms with Gasteiger partial charge in [-0.3, -0.25) is 0 Å².